The lowest BCUT2D eigenvalue weighted by molar-refractivity contribution is -0.201. The third-order valence-corrected chi connectivity index (χ3v) is 14.4. The van der Waals surface area contributed by atoms with Crippen molar-refractivity contribution in [2.75, 3.05) is 65.7 Å². The number of nitrogens with zero attached hydrogens (tertiary/aromatic N) is 6. The molecule has 6 aliphatic rings. The predicted octanol–water partition coefficient (Wildman–Crippen LogP) is 4.73. The van der Waals surface area contributed by atoms with Crippen molar-refractivity contribution in [3.8, 4) is 12.1 Å². The molecule has 2 aliphatic carbocycles. The molecule has 2 saturated carbocycles. The molecule has 2 aromatic rings. The molecule has 4 saturated heterocycles. The van der Waals surface area contributed by atoms with Crippen molar-refractivity contribution in [2.45, 2.75) is 77.8 Å². The van der Waals surface area contributed by atoms with Crippen LogP contribution in [0, 0.1) is 44.3 Å². The number of fused-ring (bicyclic) bond motifs is 2. The van der Waals surface area contributed by atoms with Crippen LogP contribution >= 0.6 is 0 Å². The van der Waals surface area contributed by atoms with Crippen LogP contribution in [0.3, 0.4) is 0 Å². The summed E-state index contributed by atoms with van der Waals surface area (Å²) in [7, 11) is 0. The first-order chi connectivity index (χ1) is 23.2. The minimum Gasteiger partial charge on any atom is -0.379 e. The molecule has 0 aromatic heterocycles. The second kappa shape index (κ2) is 11.9. The first-order valence-corrected chi connectivity index (χ1v) is 18.3. The lowest BCUT2D eigenvalue weighted by atomic mass is 9.35. The number of likely N-dealkylation sites (tertiary alicyclic amines) is 2. The number of rotatable bonds is 8. The molecule has 0 N–H and O–H groups in total. The van der Waals surface area contributed by atoms with E-state index < -0.39 is 0 Å². The Morgan fingerprint density at radius 1 is 0.583 bits per heavy atom. The molecular formula is C40H52N6O2. The summed E-state index contributed by atoms with van der Waals surface area (Å²) in [6.07, 6.45) is 2.32. The summed E-state index contributed by atoms with van der Waals surface area (Å²) in [5, 5.41) is 19.0. The van der Waals surface area contributed by atoms with Gasteiger partial charge in [0.05, 0.1) is 49.7 Å². The Hall–Kier alpha value is -2.82. The second-order valence-electron chi connectivity index (χ2n) is 16.7. The van der Waals surface area contributed by atoms with E-state index in [0.717, 1.165) is 103 Å². The normalized spacial score (nSPS) is 35.8. The highest BCUT2D eigenvalue weighted by Crippen LogP contribution is 2.80. The first-order valence-electron chi connectivity index (χ1n) is 18.3. The Labute approximate surface area is 287 Å². The van der Waals surface area contributed by atoms with E-state index in [2.05, 4.69) is 83.7 Å². The highest BCUT2D eigenvalue weighted by Gasteiger charge is 2.85. The van der Waals surface area contributed by atoms with Crippen molar-refractivity contribution >= 4 is 0 Å². The lowest BCUT2D eigenvalue weighted by Crippen LogP contribution is -2.75. The van der Waals surface area contributed by atoms with Crippen LogP contribution in [-0.2, 0) is 22.6 Å². The maximum atomic E-state index is 9.51. The zero-order chi connectivity index (χ0) is 33.3. The zero-order valence-corrected chi connectivity index (χ0v) is 29.3. The number of benzene rings is 2. The fourth-order valence-electron chi connectivity index (χ4n) is 12.3. The van der Waals surface area contributed by atoms with Gasteiger partial charge in [-0.25, -0.2) is 0 Å². The number of ether oxygens (including phenoxy) is 2. The van der Waals surface area contributed by atoms with Gasteiger partial charge in [0.2, 0.25) is 0 Å². The van der Waals surface area contributed by atoms with Crippen molar-refractivity contribution in [3.63, 3.8) is 0 Å². The Balaban J connectivity index is 1.29. The van der Waals surface area contributed by atoms with Gasteiger partial charge >= 0.3 is 0 Å². The Bertz CT molecular complexity index is 1460. The van der Waals surface area contributed by atoms with E-state index in [0.29, 0.717) is 24.2 Å². The molecule has 4 bridgehead atoms. The van der Waals surface area contributed by atoms with E-state index in [9.17, 15) is 10.5 Å². The van der Waals surface area contributed by atoms with E-state index in [4.69, 9.17) is 9.47 Å². The molecule has 0 amide bonds. The predicted molar refractivity (Wildman–Crippen MR) is 185 cm³/mol. The van der Waals surface area contributed by atoms with E-state index in [1.807, 2.05) is 24.3 Å². The van der Waals surface area contributed by atoms with Gasteiger partial charge in [-0.3, -0.25) is 19.6 Å². The Morgan fingerprint density at radius 3 is 1.27 bits per heavy atom. The number of hydrogen-bond donors (Lipinski definition) is 0. The van der Waals surface area contributed by atoms with Crippen molar-refractivity contribution in [1.29, 1.82) is 10.5 Å². The van der Waals surface area contributed by atoms with Crippen molar-refractivity contribution < 1.29 is 9.47 Å². The number of hydrogen-bond acceptors (Lipinski definition) is 8. The summed E-state index contributed by atoms with van der Waals surface area (Å²) < 4.78 is 11.8. The highest BCUT2D eigenvalue weighted by molar-refractivity contribution is 5.39. The molecule has 254 valence electrons. The lowest BCUT2D eigenvalue weighted by Gasteiger charge is -2.69. The van der Waals surface area contributed by atoms with Gasteiger partial charge in [0.15, 0.2) is 0 Å². The molecule has 4 aliphatic heterocycles. The summed E-state index contributed by atoms with van der Waals surface area (Å²) in [6.45, 7) is 21.9. The van der Waals surface area contributed by atoms with Gasteiger partial charge in [-0.2, -0.15) is 10.5 Å². The third kappa shape index (κ3) is 4.53. The number of nitriles is 2. The fourth-order valence-corrected chi connectivity index (χ4v) is 12.3. The second-order valence-corrected chi connectivity index (χ2v) is 16.7. The SMILES string of the molecule is CC1(C)[C@H]2C[C@@H]3N(Cc4ccc(C#N)cc4)[C@@H]4C[C@H](N2Cc2ccc(C#N)cc2)[C@@]1(CN1CCOCC1)[C@@]3(CN1CCOCC1)C4(C)C. The Morgan fingerprint density at radius 2 is 0.938 bits per heavy atom. The summed E-state index contributed by atoms with van der Waals surface area (Å²) >= 11 is 0. The average molecular weight is 649 g/mol. The standard InChI is InChI=1S/C40H52N6O2/c1-37(2)33-21-36-40(28-44-15-19-48-20-16-44)38(3,4)34(46(36)26-32-11-7-30(24-42)8-12-32)22-35(39(37,40)27-43-13-17-47-18-14-43)45(33)25-31-9-5-29(23-41)6-10-31/h5-12,33-36H,13-22,25-28H2,1-4H3/t33-,34-,35+,36+,39-,40-/m1/s1. The minimum atomic E-state index is 0.0508. The average Bonchev–Trinajstić information content (AvgIpc) is 3.29. The molecule has 6 fully saturated rings. The summed E-state index contributed by atoms with van der Waals surface area (Å²) in [5.74, 6) is 0. The summed E-state index contributed by atoms with van der Waals surface area (Å²) in [5.41, 5.74) is 4.34. The van der Waals surface area contributed by atoms with Crippen LogP contribution in [0.1, 0.15) is 62.8 Å². The maximum Gasteiger partial charge on any atom is 0.0991 e. The van der Waals surface area contributed by atoms with Crippen LogP contribution in [-0.4, -0.2) is 109 Å². The Kier molecular flexibility index (Phi) is 8.03. The van der Waals surface area contributed by atoms with E-state index in [1.54, 1.807) is 0 Å². The summed E-state index contributed by atoms with van der Waals surface area (Å²) in [4.78, 5) is 11.4. The van der Waals surface area contributed by atoms with Crippen LogP contribution < -0.4 is 0 Å². The molecule has 8 nitrogen and oxygen atoms in total. The van der Waals surface area contributed by atoms with Crippen LogP contribution in [0.5, 0.6) is 0 Å². The maximum absolute atomic E-state index is 9.51. The highest BCUT2D eigenvalue weighted by atomic mass is 16.5. The molecule has 8 rings (SSSR count). The van der Waals surface area contributed by atoms with Gasteiger partial charge in [-0.05, 0) is 59.1 Å². The first kappa shape index (κ1) is 32.4. The molecule has 8 heteroatoms. The van der Waals surface area contributed by atoms with Crippen molar-refractivity contribution in [1.82, 2.24) is 19.6 Å². The van der Waals surface area contributed by atoms with E-state index >= 15 is 0 Å². The van der Waals surface area contributed by atoms with Gasteiger partial charge in [-0.1, -0.05) is 52.0 Å². The third-order valence-electron chi connectivity index (χ3n) is 14.4. The van der Waals surface area contributed by atoms with Crippen LogP contribution in [0.2, 0.25) is 0 Å². The minimum absolute atomic E-state index is 0.0508. The molecule has 0 spiro atoms. The fraction of sp³-hybridized carbons (Fsp3) is 0.650. The molecular weight excluding hydrogens is 596 g/mol. The van der Waals surface area contributed by atoms with Crippen molar-refractivity contribution in [3.05, 3.63) is 70.8 Å². The van der Waals surface area contributed by atoms with Crippen LogP contribution in [0.4, 0.5) is 0 Å². The van der Waals surface area contributed by atoms with Gasteiger partial charge < -0.3 is 9.47 Å². The smallest absolute Gasteiger partial charge is 0.0991 e. The molecule has 2 aromatic carbocycles. The quantitative estimate of drug-likeness (QED) is 0.407. The van der Waals surface area contributed by atoms with E-state index in [-0.39, 0.29) is 21.7 Å². The molecule has 0 radical (unpaired) electrons. The molecule has 6 atom stereocenters. The van der Waals surface area contributed by atoms with Crippen LogP contribution in [0.25, 0.3) is 0 Å². The molecule has 0 unspecified atom stereocenters. The van der Waals surface area contributed by atoms with Crippen molar-refractivity contribution in [2.24, 2.45) is 21.7 Å². The van der Waals surface area contributed by atoms with E-state index in [1.165, 1.54) is 11.1 Å². The number of morpholine rings is 2. The van der Waals surface area contributed by atoms with Gasteiger partial charge in [-0.15, -0.1) is 0 Å². The monoisotopic (exact) mass is 648 g/mol. The molecule has 4 heterocycles. The largest absolute Gasteiger partial charge is 0.379 e. The topological polar surface area (TPSA) is 79.0 Å². The molecule has 48 heavy (non-hydrogen) atoms. The zero-order valence-electron chi connectivity index (χ0n) is 29.3. The van der Waals surface area contributed by atoms with Gasteiger partial charge in [0.25, 0.3) is 0 Å². The van der Waals surface area contributed by atoms with Crippen LogP contribution in [0.15, 0.2) is 48.5 Å². The van der Waals surface area contributed by atoms with Gasteiger partial charge in [0, 0.05) is 87.4 Å². The summed E-state index contributed by atoms with van der Waals surface area (Å²) in [6, 6.07) is 23.1. The van der Waals surface area contributed by atoms with Gasteiger partial charge in [0.1, 0.15) is 0 Å².